The molecule has 0 unspecified atom stereocenters. The van der Waals surface area contributed by atoms with Gasteiger partial charge in [0.15, 0.2) is 11.6 Å². The molecular formula is C26H23N5O3. The van der Waals surface area contributed by atoms with Crippen molar-refractivity contribution in [1.29, 1.82) is 5.26 Å². The largest absolute Gasteiger partial charge is 0.487 e. The molecule has 0 saturated heterocycles. The molecule has 0 saturated carbocycles. The maximum Gasteiger partial charge on any atom is 0.203 e. The average molecular weight is 454 g/mol. The van der Waals surface area contributed by atoms with Crippen LogP contribution in [0.3, 0.4) is 0 Å². The first-order valence-electron chi connectivity index (χ1n) is 10.7. The molecule has 0 spiro atoms. The van der Waals surface area contributed by atoms with Gasteiger partial charge in [0.25, 0.3) is 0 Å². The maximum atomic E-state index is 12.5. The Morgan fingerprint density at radius 2 is 1.85 bits per heavy atom. The molecule has 0 atom stereocenters. The lowest BCUT2D eigenvalue weighted by atomic mass is 10.1. The second kappa shape index (κ2) is 9.65. The number of nitrogens with zero attached hydrogens (tertiary/aromatic N) is 5. The van der Waals surface area contributed by atoms with Crippen LogP contribution in [0.25, 0.3) is 17.1 Å². The molecule has 1 N–H and O–H groups in total. The third-order valence-electron chi connectivity index (χ3n) is 4.90. The number of hydrogen-bond donors (Lipinski definition) is 1. The summed E-state index contributed by atoms with van der Waals surface area (Å²) in [4.78, 5) is 21.2. The van der Waals surface area contributed by atoms with Gasteiger partial charge < -0.3 is 9.84 Å². The third kappa shape index (κ3) is 5.71. The van der Waals surface area contributed by atoms with Gasteiger partial charge >= 0.3 is 0 Å². The zero-order valence-electron chi connectivity index (χ0n) is 18.8. The monoisotopic (exact) mass is 453 g/mol. The Morgan fingerprint density at radius 3 is 2.59 bits per heavy atom. The number of ether oxygens (including phenoxy) is 1. The van der Waals surface area contributed by atoms with Crippen molar-refractivity contribution in [3.8, 4) is 28.9 Å². The number of benzene rings is 2. The summed E-state index contributed by atoms with van der Waals surface area (Å²) in [7, 11) is 0. The van der Waals surface area contributed by atoms with Gasteiger partial charge in [-0.05, 0) is 43.7 Å². The Morgan fingerprint density at radius 1 is 1.09 bits per heavy atom. The Hall–Kier alpha value is -4.35. The molecule has 0 aliphatic heterocycles. The van der Waals surface area contributed by atoms with Crippen molar-refractivity contribution >= 4 is 0 Å². The molecule has 0 aliphatic rings. The second-order valence-corrected chi connectivity index (χ2v) is 8.45. The zero-order valence-corrected chi connectivity index (χ0v) is 18.8. The highest BCUT2D eigenvalue weighted by Gasteiger charge is 2.14. The molecule has 34 heavy (non-hydrogen) atoms. The van der Waals surface area contributed by atoms with Crippen LogP contribution in [0, 0.1) is 11.3 Å². The van der Waals surface area contributed by atoms with Gasteiger partial charge in [0.2, 0.25) is 5.43 Å². The van der Waals surface area contributed by atoms with Crippen molar-refractivity contribution in [3.63, 3.8) is 0 Å². The molecule has 4 aromatic rings. The number of nitriles is 1. The fraction of sp³-hybridized carbons (Fsp3) is 0.192. The first kappa shape index (κ1) is 22.8. The van der Waals surface area contributed by atoms with Crippen molar-refractivity contribution in [3.05, 3.63) is 100 Å². The summed E-state index contributed by atoms with van der Waals surface area (Å²) >= 11 is 0. The highest BCUT2D eigenvalue weighted by Crippen LogP contribution is 2.20. The van der Waals surface area contributed by atoms with Crippen molar-refractivity contribution in [2.45, 2.75) is 25.9 Å². The number of aromatic nitrogens is 4. The summed E-state index contributed by atoms with van der Waals surface area (Å²) in [5, 5.41) is 23.4. The van der Waals surface area contributed by atoms with Gasteiger partial charge in [0.1, 0.15) is 12.3 Å². The van der Waals surface area contributed by atoms with Crippen LogP contribution in [-0.2, 0) is 6.42 Å². The van der Waals surface area contributed by atoms with E-state index in [1.807, 2.05) is 30.3 Å². The molecule has 2 aromatic heterocycles. The first-order chi connectivity index (χ1) is 16.3. The molecule has 0 fully saturated rings. The van der Waals surface area contributed by atoms with Crippen molar-refractivity contribution in [2.75, 3.05) is 6.61 Å². The molecule has 8 nitrogen and oxygen atoms in total. The minimum Gasteiger partial charge on any atom is -0.487 e. The predicted octanol–water partition coefficient (Wildman–Crippen LogP) is 3.30. The molecule has 2 heterocycles. The summed E-state index contributed by atoms with van der Waals surface area (Å²) in [6.07, 6.45) is 5.05. The topological polar surface area (TPSA) is 114 Å². The molecule has 0 radical (unpaired) electrons. The molecule has 8 heteroatoms. The van der Waals surface area contributed by atoms with E-state index >= 15 is 0 Å². The summed E-state index contributed by atoms with van der Waals surface area (Å²) in [6, 6.07) is 18.2. The summed E-state index contributed by atoms with van der Waals surface area (Å²) in [5.41, 5.74) is 2.18. The maximum absolute atomic E-state index is 12.5. The molecule has 170 valence electrons. The molecular weight excluding hydrogens is 430 g/mol. The highest BCUT2D eigenvalue weighted by atomic mass is 16.5. The van der Waals surface area contributed by atoms with E-state index in [0.29, 0.717) is 34.9 Å². The smallest absolute Gasteiger partial charge is 0.203 e. The number of rotatable bonds is 7. The summed E-state index contributed by atoms with van der Waals surface area (Å²) < 4.78 is 7.10. The number of hydrogen-bond acceptors (Lipinski definition) is 7. The van der Waals surface area contributed by atoms with Crippen LogP contribution in [0.4, 0.5) is 0 Å². The van der Waals surface area contributed by atoms with Crippen molar-refractivity contribution in [2.24, 2.45) is 0 Å². The number of aliphatic hydroxyl groups is 1. The zero-order chi connectivity index (χ0) is 24.1. The van der Waals surface area contributed by atoms with Crippen LogP contribution in [0.1, 0.15) is 30.7 Å². The van der Waals surface area contributed by atoms with Crippen molar-refractivity contribution < 1.29 is 9.84 Å². The van der Waals surface area contributed by atoms with E-state index in [1.165, 1.54) is 6.07 Å². The standard InChI is InChI=1S/C26H23N5O3/c1-26(2,33)17-34-22-15-28-25(29-16-22)20-7-3-5-18(11-20)13-23-24(32)9-10-31(30-23)21-8-4-6-19(12-21)14-27/h3-12,15-16,33H,13,17H2,1-2H3. The third-order valence-corrected chi connectivity index (χ3v) is 4.90. The lowest BCUT2D eigenvalue weighted by molar-refractivity contribution is 0.0282. The van der Waals surface area contributed by atoms with E-state index in [2.05, 4.69) is 21.1 Å². The first-order valence-corrected chi connectivity index (χ1v) is 10.7. The van der Waals surface area contributed by atoms with E-state index in [4.69, 9.17) is 10.00 Å². The quantitative estimate of drug-likeness (QED) is 0.457. The van der Waals surface area contributed by atoms with Gasteiger partial charge in [-0.3, -0.25) is 4.79 Å². The van der Waals surface area contributed by atoms with E-state index in [9.17, 15) is 9.90 Å². The van der Waals surface area contributed by atoms with Crippen LogP contribution in [0.15, 0.2) is 78.0 Å². The molecule has 4 rings (SSSR count). The second-order valence-electron chi connectivity index (χ2n) is 8.45. The SMILES string of the molecule is CC(C)(O)COc1cnc(-c2cccc(Cc3nn(-c4cccc(C#N)c4)ccc3=O)c2)nc1. The van der Waals surface area contributed by atoms with Crippen molar-refractivity contribution in [1.82, 2.24) is 19.7 Å². The van der Waals surface area contributed by atoms with Crippen LogP contribution < -0.4 is 10.2 Å². The van der Waals surface area contributed by atoms with E-state index in [1.54, 1.807) is 55.3 Å². The van der Waals surface area contributed by atoms with Gasteiger partial charge in [0.05, 0.1) is 35.3 Å². The van der Waals surface area contributed by atoms with Crippen LogP contribution in [-0.4, -0.2) is 37.1 Å². The molecule has 0 amide bonds. The van der Waals surface area contributed by atoms with Gasteiger partial charge in [-0.15, -0.1) is 0 Å². The minimum atomic E-state index is -0.949. The van der Waals surface area contributed by atoms with E-state index in [-0.39, 0.29) is 12.0 Å². The summed E-state index contributed by atoms with van der Waals surface area (Å²) in [5.74, 6) is 0.987. The Bertz CT molecular complexity index is 1400. The average Bonchev–Trinajstić information content (AvgIpc) is 2.84. The lowest BCUT2D eigenvalue weighted by Gasteiger charge is -2.17. The van der Waals surface area contributed by atoms with Gasteiger partial charge in [-0.25, -0.2) is 14.6 Å². The normalized spacial score (nSPS) is 11.1. The van der Waals surface area contributed by atoms with Gasteiger partial charge in [-0.1, -0.05) is 24.3 Å². The van der Waals surface area contributed by atoms with E-state index < -0.39 is 5.60 Å². The summed E-state index contributed by atoms with van der Waals surface area (Å²) in [6.45, 7) is 3.45. The molecule has 0 aliphatic carbocycles. The Balaban J connectivity index is 1.55. The lowest BCUT2D eigenvalue weighted by Crippen LogP contribution is -2.27. The van der Waals surface area contributed by atoms with Crippen LogP contribution >= 0.6 is 0 Å². The highest BCUT2D eigenvalue weighted by molar-refractivity contribution is 5.56. The predicted molar refractivity (Wildman–Crippen MR) is 127 cm³/mol. The van der Waals surface area contributed by atoms with Gasteiger partial charge in [0, 0.05) is 24.2 Å². The molecule has 0 bridgehead atoms. The Kier molecular flexibility index (Phi) is 6.48. The fourth-order valence-electron chi connectivity index (χ4n) is 3.24. The fourth-order valence-corrected chi connectivity index (χ4v) is 3.24. The van der Waals surface area contributed by atoms with Crippen LogP contribution in [0.2, 0.25) is 0 Å². The van der Waals surface area contributed by atoms with E-state index in [0.717, 1.165) is 11.1 Å². The minimum absolute atomic E-state index is 0.133. The van der Waals surface area contributed by atoms with Gasteiger partial charge in [-0.2, -0.15) is 10.4 Å². The van der Waals surface area contributed by atoms with Crippen LogP contribution in [0.5, 0.6) is 5.75 Å². The molecule has 2 aromatic carbocycles. The Labute approximate surface area is 196 Å².